The second-order valence-corrected chi connectivity index (χ2v) is 4.45. The summed E-state index contributed by atoms with van der Waals surface area (Å²) in [6, 6.07) is 2.63. The Kier molecular flexibility index (Phi) is 4.70. The lowest BCUT2D eigenvalue weighted by Crippen LogP contribution is -2.51. The molecule has 0 aliphatic carbocycles. The molecule has 1 saturated heterocycles. The summed E-state index contributed by atoms with van der Waals surface area (Å²) in [7, 11) is 0. The minimum Gasteiger partial charge on any atom is -0.445 e. The molecule has 112 valence electrons. The fourth-order valence-corrected chi connectivity index (χ4v) is 1.94. The zero-order chi connectivity index (χ0) is 15.2. The van der Waals surface area contributed by atoms with E-state index < -0.39 is 6.09 Å². The molecule has 1 aliphatic heterocycles. The largest absolute Gasteiger partial charge is 0.445 e. The molecule has 0 aromatic carbocycles. The highest BCUT2D eigenvalue weighted by molar-refractivity contribution is 5.92. The van der Waals surface area contributed by atoms with E-state index in [2.05, 4.69) is 16.8 Å². The zero-order valence-corrected chi connectivity index (χ0v) is 11.4. The van der Waals surface area contributed by atoms with E-state index in [1.165, 1.54) is 23.1 Å². The number of piperazine rings is 1. The van der Waals surface area contributed by atoms with Gasteiger partial charge in [0.1, 0.15) is 12.3 Å². The molecule has 2 heterocycles. The van der Waals surface area contributed by atoms with E-state index >= 15 is 0 Å². The molecule has 8 heteroatoms. The summed E-state index contributed by atoms with van der Waals surface area (Å²) in [5, 5.41) is 5.93. The number of ether oxygens (including phenoxy) is 1. The van der Waals surface area contributed by atoms with Gasteiger partial charge in [0, 0.05) is 32.2 Å². The third-order valence-electron chi connectivity index (χ3n) is 3.05. The number of aromatic nitrogens is 2. The minimum absolute atomic E-state index is 0.166. The fraction of sp³-hybridized carbons (Fsp3) is 0.385. The average molecular weight is 292 g/mol. The molecule has 0 spiro atoms. The quantitative estimate of drug-likeness (QED) is 0.782. The van der Waals surface area contributed by atoms with Crippen LogP contribution in [0.4, 0.5) is 4.79 Å². The Labute approximate surface area is 121 Å². The van der Waals surface area contributed by atoms with Gasteiger partial charge in [0.25, 0.3) is 11.5 Å². The number of hydrogen-bond acceptors (Lipinski definition) is 5. The Morgan fingerprint density at radius 1 is 1.29 bits per heavy atom. The molecular formula is C13H16N4O4. The summed E-state index contributed by atoms with van der Waals surface area (Å²) in [6.07, 6.45) is 1.09. The molecule has 1 aromatic rings. The van der Waals surface area contributed by atoms with E-state index in [0.29, 0.717) is 26.2 Å². The number of nitrogens with zero attached hydrogens (tertiary/aromatic N) is 3. The van der Waals surface area contributed by atoms with Gasteiger partial charge >= 0.3 is 6.09 Å². The Morgan fingerprint density at radius 3 is 2.52 bits per heavy atom. The molecule has 2 amide bonds. The third kappa shape index (κ3) is 3.68. The highest BCUT2D eigenvalue weighted by Crippen LogP contribution is 2.07. The first-order valence-corrected chi connectivity index (χ1v) is 6.49. The summed E-state index contributed by atoms with van der Waals surface area (Å²) in [6.45, 7) is 5.21. The van der Waals surface area contributed by atoms with Gasteiger partial charge in [0.15, 0.2) is 0 Å². The van der Waals surface area contributed by atoms with Gasteiger partial charge < -0.3 is 14.5 Å². The predicted molar refractivity (Wildman–Crippen MR) is 73.9 cm³/mol. The number of hydrogen-bond donors (Lipinski definition) is 1. The number of carbonyl (C=O) groups is 2. The molecule has 0 bridgehead atoms. The van der Waals surface area contributed by atoms with Crippen LogP contribution in [-0.2, 0) is 4.74 Å². The van der Waals surface area contributed by atoms with E-state index in [1.54, 1.807) is 4.90 Å². The maximum absolute atomic E-state index is 12.2. The van der Waals surface area contributed by atoms with Crippen LogP contribution in [0, 0.1) is 0 Å². The van der Waals surface area contributed by atoms with Gasteiger partial charge in [0.2, 0.25) is 0 Å². The van der Waals surface area contributed by atoms with Crippen LogP contribution in [0.3, 0.4) is 0 Å². The number of nitrogens with one attached hydrogen (secondary N) is 1. The molecule has 8 nitrogen and oxygen atoms in total. The summed E-state index contributed by atoms with van der Waals surface area (Å²) in [5.41, 5.74) is -0.182. The van der Waals surface area contributed by atoms with Crippen LogP contribution in [-0.4, -0.2) is 64.8 Å². The number of carbonyl (C=O) groups excluding carboxylic acids is 2. The summed E-state index contributed by atoms with van der Waals surface area (Å²) < 4.78 is 4.94. The van der Waals surface area contributed by atoms with Crippen molar-refractivity contribution in [1.29, 1.82) is 0 Å². The van der Waals surface area contributed by atoms with Crippen LogP contribution in [0.1, 0.15) is 10.5 Å². The Hall–Kier alpha value is -2.64. The molecule has 0 saturated carbocycles. The first-order valence-electron chi connectivity index (χ1n) is 6.49. The van der Waals surface area contributed by atoms with Crippen LogP contribution < -0.4 is 5.56 Å². The van der Waals surface area contributed by atoms with Crippen molar-refractivity contribution in [2.45, 2.75) is 0 Å². The highest BCUT2D eigenvalue weighted by atomic mass is 16.6. The summed E-state index contributed by atoms with van der Waals surface area (Å²) in [4.78, 5) is 37.8. The molecule has 0 unspecified atom stereocenters. The lowest BCUT2D eigenvalue weighted by Gasteiger charge is -2.33. The van der Waals surface area contributed by atoms with E-state index in [0.717, 1.165) is 0 Å². The zero-order valence-electron chi connectivity index (χ0n) is 11.4. The monoisotopic (exact) mass is 292 g/mol. The van der Waals surface area contributed by atoms with Crippen LogP contribution in [0.5, 0.6) is 0 Å². The smallest absolute Gasteiger partial charge is 0.410 e. The van der Waals surface area contributed by atoms with E-state index in [1.807, 2.05) is 0 Å². The van der Waals surface area contributed by atoms with Crippen molar-refractivity contribution in [1.82, 2.24) is 20.0 Å². The predicted octanol–water partition coefficient (Wildman–Crippen LogP) is -0.150. The van der Waals surface area contributed by atoms with Crippen molar-refractivity contribution in [3.63, 3.8) is 0 Å². The molecule has 0 radical (unpaired) electrons. The lowest BCUT2D eigenvalue weighted by atomic mass is 10.3. The molecule has 2 rings (SSSR count). The van der Waals surface area contributed by atoms with Crippen molar-refractivity contribution >= 4 is 12.0 Å². The number of aromatic amines is 1. The molecule has 1 aliphatic rings. The van der Waals surface area contributed by atoms with Gasteiger partial charge in [-0.2, -0.15) is 5.10 Å². The molecule has 21 heavy (non-hydrogen) atoms. The normalized spacial score (nSPS) is 14.7. The Morgan fingerprint density at radius 2 is 1.95 bits per heavy atom. The van der Waals surface area contributed by atoms with Gasteiger partial charge in [-0.3, -0.25) is 9.59 Å². The maximum Gasteiger partial charge on any atom is 0.410 e. The molecule has 0 atom stereocenters. The van der Waals surface area contributed by atoms with E-state index in [4.69, 9.17) is 4.74 Å². The summed E-state index contributed by atoms with van der Waals surface area (Å²) >= 11 is 0. The van der Waals surface area contributed by atoms with E-state index in [-0.39, 0.29) is 23.8 Å². The van der Waals surface area contributed by atoms with Gasteiger partial charge in [-0.05, 0) is 6.07 Å². The number of amides is 2. The van der Waals surface area contributed by atoms with Gasteiger partial charge in [0.05, 0.1) is 0 Å². The number of rotatable bonds is 3. The maximum atomic E-state index is 12.2. The standard InChI is InChI=1S/C13H16N4O4/c1-2-9-21-13(20)17-7-5-16(6-8-17)12(19)10-3-4-11(18)15-14-10/h2-4H,1,5-9H2,(H,15,18). The molecule has 1 N–H and O–H groups in total. The average Bonchev–Trinajstić information content (AvgIpc) is 2.53. The van der Waals surface area contributed by atoms with Crippen LogP contribution >= 0.6 is 0 Å². The van der Waals surface area contributed by atoms with Crippen molar-refractivity contribution in [2.24, 2.45) is 0 Å². The topological polar surface area (TPSA) is 95.6 Å². The third-order valence-corrected chi connectivity index (χ3v) is 3.05. The number of H-pyrrole nitrogens is 1. The van der Waals surface area contributed by atoms with Crippen LogP contribution in [0.25, 0.3) is 0 Å². The van der Waals surface area contributed by atoms with Crippen molar-refractivity contribution < 1.29 is 14.3 Å². The summed E-state index contributed by atoms with van der Waals surface area (Å²) in [5.74, 6) is -0.273. The van der Waals surface area contributed by atoms with E-state index in [9.17, 15) is 14.4 Å². The lowest BCUT2D eigenvalue weighted by molar-refractivity contribution is 0.0575. The molecule has 1 fully saturated rings. The fourth-order valence-electron chi connectivity index (χ4n) is 1.94. The van der Waals surface area contributed by atoms with Crippen molar-refractivity contribution in [2.75, 3.05) is 32.8 Å². The van der Waals surface area contributed by atoms with Gasteiger partial charge in [-0.1, -0.05) is 12.7 Å². The SMILES string of the molecule is C=CCOC(=O)N1CCN(C(=O)c2ccc(=O)[nH]n2)CC1. The first kappa shape index (κ1) is 14.8. The molecule has 1 aromatic heterocycles. The molecular weight excluding hydrogens is 276 g/mol. The van der Waals surface area contributed by atoms with Crippen LogP contribution in [0.2, 0.25) is 0 Å². The van der Waals surface area contributed by atoms with Gasteiger partial charge in [-0.25, -0.2) is 9.89 Å². The van der Waals surface area contributed by atoms with Gasteiger partial charge in [-0.15, -0.1) is 0 Å². The second kappa shape index (κ2) is 6.69. The first-order chi connectivity index (χ1) is 10.1. The highest BCUT2D eigenvalue weighted by Gasteiger charge is 2.26. The van der Waals surface area contributed by atoms with Crippen molar-refractivity contribution in [3.8, 4) is 0 Å². The second-order valence-electron chi connectivity index (χ2n) is 4.45. The van der Waals surface area contributed by atoms with Crippen LogP contribution in [0.15, 0.2) is 29.6 Å². The Bertz CT molecular complexity index is 570. The van der Waals surface area contributed by atoms with Crippen molar-refractivity contribution in [3.05, 3.63) is 40.8 Å². The minimum atomic E-state index is -0.413. The Balaban J connectivity index is 1.90.